The van der Waals surface area contributed by atoms with Gasteiger partial charge in [0.1, 0.15) is 5.84 Å². The molecule has 0 atom stereocenters. The van der Waals surface area contributed by atoms with Crippen LogP contribution in [0, 0.1) is 5.92 Å². The summed E-state index contributed by atoms with van der Waals surface area (Å²) >= 11 is 0. The number of oxime groups is 1. The number of hydrogen-bond donors (Lipinski definition) is 2. The Morgan fingerprint density at radius 2 is 2.30 bits per heavy atom. The number of nitrogens with two attached hydrogens (primary N) is 1. The fraction of sp³-hybridized carbons (Fsp3) is 0.571. The number of methoxy groups -OCH3 is 1. The second-order valence-corrected chi connectivity index (χ2v) is 5.14. The van der Waals surface area contributed by atoms with Gasteiger partial charge < -0.3 is 15.7 Å². The topological polar surface area (TPSA) is 84.0 Å². The lowest BCUT2D eigenvalue weighted by Gasteiger charge is -2.24. The average molecular weight is 280 g/mol. The largest absolute Gasteiger partial charge is 0.481 e. The summed E-state index contributed by atoms with van der Waals surface area (Å²) < 4.78 is 5.27. The van der Waals surface area contributed by atoms with Gasteiger partial charge in [-0.2, -0.15) is 0 Å². The Morgan fingerprint density at radius 3 is 2.90 bits per heavy atom. The van der Waals surface area contributed by atoms with Gasteiger partial charge in [0.15, 0.2) is 0 Å². The van der Waals surface area contributed by atoms with Crippen LogP contribution in [0.1, 0.15) is 25.8 Å². The van der Waals surface area contributed by atoms with Crippen molar-refractivity contribution in [3.8, 4) is 5.88 Å². The summed E-state index contributed by atoms with van der Waals surface area (Å²) in [6.07, 6.45) is 2.25. The standard InChI is InChI=1S/C14H24N4O2/c1-11(2)9-18(8-6-13(15)17-19)10-12-5-4-7-16-14(12)20-3/h4-5,7,11,19H,6,8-10H2,1-3H3,(H2,15,17). The molecule has 1 aromatic heterocycles. The molecule has 0 radical (unpaired) electrons. The first-order valence-electron chi connectivity index (χ1n) is 6.73. The fourth-order valence-electron chi connectivity index (χ4n) is 2.04. The van der Waals surface area contributed by atoms with Crippen molar-refractivity contribution in [2.45, 2.75) is 26.8 Å². The van der Waals surface area contributed by atoms with E-state index in [2.05, 4.69) is 28.9 Å². The lowest BCUT2D eigenvalue weighted by Crippen LogP contribution is -2.31. The van der Waals surface area contributed by atoms with E-state index in [0.29, 0.717) is 18.2 Å². The summed E-state index contributed by atoms with van der Waals surface area (Å²) in [5, 5.41) is 11.6. The highest BCUT2D eigenvalue weighted by Gasteiger charge is 2.12. The van der Waals surface area contributed by atoms with Gasteiger partial charge in [0, 0.05) is 37.8 Å². The lowest BCUT2D eigenvalue weighted by atomic mass is 10.1. The molecule has 0 bridgehead atoms. The Labute approximate surface area is 120 Å². The quantitative estimate of drug-likeness (QED) is 0.327. The Hall–Kier alpha value is -1.82. The lowest BCUT2D eigenvalue weighted by molar-refractivity contribution is 0.236. The molecule has 0 saturated carbocycles. The molecule has 0 spiro atoms. The zero-order valence-electron chi connectivity index (χ0n) is 12.4. The molecule has 0 aliphatic rings. The van der Waals surface area contributed by atoms with Crippen molar-refractivity contribution in [3.05, 3.63) is 23.9 Å². The van der Waals surface area contributed by atoms with Crippen LogP contribution in [0.3, 0.4) is 0 Å². The first kappa shape index (κ1) is 16.2. The summed E-state index contributed by atoms with van der Waals surface area (Å²) in [4.78, 5) is 6.46. The molecule has 0 amide bonds. The second kappa shape index (κ2) is 8.37. The first-order chi connectivity index (χ1) is 9.56. The van der Waals surface area contributed by atoms with Crippen molar-refractivity contribution in [1.29, 1.82) is 0 Å². The zero-order valence-corrected chi connectivity index (χ0v) is 12.4. The van der Waals surface area contributed by atoms with E-state index in [0.717, 1.165) is 25.2 Å². The van der Waals surface area contributed by atoms with E-state index < -0.39 is 0 Å². The molecule has 0 saturated heterocycles. The van der Waals surface area contributed by atoms with Crippen molar-refractivity contribution in [2.24, 2.45) is 16.8 Å². The van der Waals surface area contributed by atoms with Crippen LogP contribution in [0.2, 0.25) is 0 Å². The maximum absolute atomic E-state index is 8.62. The minimum atomic E-state index is 0.247. The van der Waals surface area contributed by atoms with Crippen LogP contribution in [0.4, 0.5) is 0 Å². The first-order valence-corrected chi connectivity index (χ1v) is 6.73. The van der Waals surface area contributed by atoms with Crippen molar-refractivity contribution in [2.75, 3.05) is 20.2 Å². The summed E-state index contributed by atoms with van der Waals surface area (Å²) in [5.74, 6) is 1.42. The molecule has 1 aromatic rings. The molecule has 6 heteroatoms. The van der Waals surface area contributed by atoms with Gasteiger partial charge in [-0.25, -0.2) is 4.98 Å². The highest BCUT2D eigenvalue weighted by molar-refractivity contribution is 5.79. The van der Waals surface area contributed by atoms with E-state index in [-0.39, 0.29) is 5.84 Å². The summed E-state index contributed by atoms with van der Waals surface area (Å²) in [7, 11) is 1.62. The van der Waals surface area contributed by atoms with Crippen LogP contribution in [-0.2, 0) is 6.54 Å². The number of nitrogens with zero attached hydrogens (tertiary/aromatic N) is 3. The summed E-state index contributed by atoms with van der Waals surface area (Å²) in [5.41, 5.74) is 6.58. The molecule has 0 unspecified atom stereocenters. The molecule has 20 heavy (non-hydrogen) atoms. The van der Waals surface area contributed by atoms with E-state index >= 15 is 0 Å². The molecule has 1 heterocycles. The maximum Gasteiger partial charge on any atom is 0.217 e. The fourth-order valence-corrected chi connectivity index (χ4v) is 2.04. The van der Waals surface area contributed by atoms with Gasteiger partial charge in [0.25, 0.3) is 0 Å². The zero-order chi connectivity index (χ0) is 15.0. The monoisotopic (exact) mass is 280 g/mol. The molecule has 1 rings (SSSR count). The number of aromatic nitrogens is 1. The van der Waals surface area contributed by atoms with Gasteiger partial charge in [-0.15, -0.1) is 0 Å². The normalized spacial score (nSPS) is 12.2. The Kier molecular flexibility index (Phi) is 6.79. The van der Waals surface area contributed by atoms with Crippen molar-refractivity contribution in [1.82, 2.24) is 9.88 Å². The summed E-state index contributed by atoms with van der Waals surface area (Å²) in [6, 6.07) is 3.90. The van der Waals surface area contributed by atoms with Crippen LogP contribution < -0.4 is 10.5 Å². The molecular weight excluding hydrogens is 256 g/mol. The van der Waals surface area contributed by atoms with Crippen LogP contribution in [-0.4, -0.2) is 41.1 Å². The molecular formula is C14H24N4O2. The minimum Gasteiger partial charge on any atom is -0.481 e. The molecule has 0 aliphatic carbocycles. The molecule has 0 aliphatic heterocycles. The molecule has 0 aromatic carbocycles. The van der Waals surface area contributed by atoms with Gasteiger partial charge in [0.2, 0.25) is 5.88 Å². The van der Waals surface area contributed by atoms with Crippen LogP contribution >= 0.6 is 0 Å². The maximum atomic E-state index is 8.62. The predicted molar refractivity (Wildman–Crippen MR) is 78.9 cm³/mol. The third-order valence-electron chi connectivity index (χ3n) is 2.87. The van der Waals surface area contributed by atoms with E-state index in [1.165, 1.54) is 0 Å². The number of ether oxygens (including phenoxy) is 1. The Bertz CT molecular complexity index is 435. The molecule has 112 valence electrons. The summed E-state index contributed by atoms with van der Waals surface area (Å²) in [6.45, 7) is 6.71. The van der Waals surface area contributed by atoms with Crippen molar-refractivity contribution < 1.29 is 9.94 Å². The van der Waals surface area contributed by atoms with Crippen LogP contribution in [0.5, 0.6) is 5.88 Å². The third-order valence-corrected chi connectivity index (χ3v) is 2.87. The Morgan fingerprint density at radius 1 is 1.55 bits per heavy atom. The smallest absolute Gasteiger partial charge is 0.217 e. The molecule has 6 nitrogen and oxygen atoms in total. The van der Waals surface area contributed by atoms with Crippen LogP contribution in [0.25, 0.3) is 0 Å². The van der Waals surface area contributed by atoms with Crippen molar-refractivity contribution in [3.63, 3.8) is 0 Å². The van der Waals surface area contributed by atoms with Gasteiger partial charge in [-0.05, 0) is 12.0 Å². The highest BCUT2D eigenvalue weighted by atomic mass is 16.5. The van der Waals surface area contributed by atoms with Gasteiger partial charge >= 0.3 is 0 Å². The number of hydrogen-bond acceptors (Lipinski definition) is 5. The molecule has 3 N–H and O–H groups in total. The third kappa shape index (κ3) is 5.44. The minimum absolute atomic E-state index is 0.247. The average Bonchev–Trinajstić information content (AvgIpc) is 2.44. The van der Waals surface area contributed by atoms with E-state index in [9.17, 15) is 0 Å². The second-order valence-electron chi connectivity index (χ2n) is 5.14. The SMILES string of the molecule is COc1ncccc1CN(CC/C(N)=N/O)CC(C)C. The number of amidine groups is 1. The van der Waals surface area contributed by atoms with Crippen LogP contribution in [0.15, 0.2) is 23.5 Å². The van der Waals surface area contributed by atoms with E-state index in [4.69, 9.17) is 15.7 Å². The van der Waals surface area contributed by atoms with Gasteiger partial charge in [0.05, 0.1) is 7.11 Å². The van der Waals surface area contributed by atoms with E-state index in [1.54, 1.807) is 13.3 Å². The number of pyridine rings is 1. The predicted octanol–water partition coefficient (Wildman–Crippen LogP) is 1.68. The van der Waals surface area contributed by atoms with E-state index in [1.807, 2.05) is 12.1 Å². The number of rotatable bonds is 8. The highest BCUT2D eigenvalue weighted by Crippen LogP contribution is 2.17. The Balaban J connectivity index is 2.72. The van der Waals surface area contributed by atoms with Gasteiger partial charge in [-0.3, -0.25) is 4.90 Å². The van der Waals surface area contributed by atoms with Gasteiger partial charge in [-0.1, -0.05) is 25.1 Å². The van der Waals surface area contributed by atoms with Crippen molar-refractivity contribution >= 4 is 5.84 Å². The molecule has 0 fully saturated rings.